The number of methoxy groups -OCH3 is 1. The number of nitrogens with zero attached hydrogens (tertiary/aromatic N) is 1. The summed E-state index contributed by atoms with van der Waals surface area (Å²) in [5, 5.41) is 7.54. The topological polar surface area (TPSA) is 71.5 Å². The molecule has 1 aromatic carbocycles. The van der Waals surface area contributed by atoms with Crippen molar-refractivity contribution < 1.29 is 9.13 Å². The van der Waals surface area contributed by atoms with E-state index in [1.165, 1.54) is 37.1 Å². The number of ether oxygens (including phenoxy) is 1. The van der Waals surface area contributed by atoms with Crippen molar-refractivity contribution in [1.82, 2.24) is 0 Å². The number of nitrogens with two attached hydrogens (primary N) is 1. The molecule has 3 N–H and O–H groups in total. The lowest BCUT2D eigenvalue weighted by Gasteiger charge is -2.05. The van der Waals surface area contributed by atoms with Crippen LogP contribution < -0.4 is 10.5 Å². The Balaban J connectivity index is 3.02. The molecule has 0 heterocycles. The number of benzene rings is 1. The van der Waals surface area contributed by atoms with Gasteiger partial charge < -0.3 is 10.5 Å². The molecule has 92 valence electrons. The molecule has 0 fully saturated rings. The van der Waals surface area contributed by atoms with Crippen LogP contribution in [-0.4, -0.2) is 23.9 Å². The van der Waals surface area contributed by atoms with Crippen molar-refractivity contribution in [1.29, 1.82) is 5.41 Å². The Morgan fingerprint density at radius 1 is 1.59 bits per heavy atom. The lowest BCUT2D eigenvalue weighted by molar-refractivity contribution is 0.413. The first kappa shape index (κ1) is 13.5. The Labute approximate surface area is 104 Å². The second-order valence-electron chi connectivity index (χ2n) is 3.08. The zero-order valence-corrected chi connectivity index (χ0v) is 10.5. The van der Waals surface area contributed by atoms with E-state index in [1.54, 1.807) is 0 Å². The fourth-order valence-electron chi connectivity index (χ4n) is 1.17. The molecule has 0 radical (unpaired) electrons. The Hall–Kier alpha value is -1.56. The van der Waals surface area contributed by atoms with E-state index in [2.05, 4.69) is 4.99 Å². The highest BCUT2D eigenvalue weighted by atomic mass is 32.2. The van der Waals surface area contributed by atoms with Crippen LogP contribution in [0.3, 0.4) is 0 Å². The number of nitrogens with one attached hydrogen (secondary N) is 1. The average molecular weight is 255 g/mol. The number of rotatable bonds is 3. The van der Waals surface area contributed by atoms with Crippen LogP contribution >= 0.6 is 11.8 Å². The number of hydrogen-bond acceptors (Lipinski definition) is 3. The third-order valence-corrected chi connectivity index (χ3v) is 2.61. The summed E-state index contributed by atoms with van der Waals surface area (Å²) in [7, 11) is 1.49. The molecule has 0 saturated heterocycles. The zero-order valence-electron chi connectivity index (χ0n) is 9.66. The minimum Gasteiger partial charge on any atom is -0.497 e. The SMILES string of the molecule is CCSC(=N)N=C(N)c1cc(OC)ccc1F. The van der Waals surface area contributed by atoms with Gasteiger partial charge in [-0.05, 0) is 24.0 Å². The quantitative estimate of drug-likeness (QED) is 0.642. The van der Waals surface area contributed by atoms with Crippen LogP contribution in [0.2, 0.25) is 0 Å². The smallest absolute Gasteiger partial charge is 0.182 e. The molecule has 1 aromatic rings. The van der Waals surface area contributed by atoms with Crippen molar-refractivity contribution in [2.24, 2.45) is 10.7 Å². The van der Waals surface area contributed by atoms with E-state index >= 15 is 0 Å². The van der Waals surface area contributed by atoms with Gasteiger partial charge in [-0.15, -0.1) is 0 Å². The predicted octanol–water partition coefficient (Wildman–Crippen LogP) is 2.23. The number of thioether (sulfide) groups is 1. The van der Waals surface area contributed by atoms with Crippen LogP contribution in [-0.2, 0) is 0 Å². The lowest BCUT2D eigenvalue weighted by Crippen LogP contribution is -2.16. The van der Waals surface area contributed by atoms with E-state index < -0.39 is 5.82 Å². The fourth-order valence-corrected chi connectivity index (χ4v) is 1.60. The van der Waals surface area contributed by atoms with Crippen LogP contribution in [0.4, 0.5) is 4.39 Å². The monoisotopic (exact) mass is 255 g/mol. The molecule has 17 heavy (non-hydrogen) atoms. The minimum atomic E-state index is -0.485. The molecule has 0 spiro atoms. The van der Waals surface area contributed by atoms with Gasteiger partial charge in [0.05, 0.1) is 12.7 Å². The predicted molar refractivity (Wildman–Crippen MR) is 69.5 cm³/mol. The van der Waals surface area contributed by atoms with Crippen molar-refractivity contribution in [2.75, 3.05) is 12.9 Å². The van der Waals surface area contributed by atoms with E-state index in [0.29, 0.717) is 5.75 Å². The molecule has 0 unspecified atom stereocenters. The van der Waals surface area contributed by atoms with Gasteiger partial charge in [0.2, 0.25) is 0 Å². The van der Waals surface area contributed by atoms with Gasteiger partial charge in [0.15, 0.2) is 5.17 Å². The summed E-state index contributed by atoms with van der Waals surface area (Å²) in [5.74, 6) is 0.707. The van der Waals surface area contributed by atoms with Crippen LogP contribution in [0, 0.1) is 11.2 Å². The summed E-state index contributed by atoms with van der Waals surface area (Å²) in [5.41, 5.74) is 5.80. The van der Waals surface area contributed by atoms with Crippen LogP contribution in [0.15, 0.2) is 23.2 Å². The molecule has 4 nitrogen and oxygen atoms in total. The summed E-state index contributed by atoms with van der Waals surface area (Å²) in [6.45, 7) is 1.90. The highest BCUT2D eigenvalue weighted by molar-refractivity contribution is 8.13. The maximum atomic E-state index is 13.5. The van der Waals surface area contributed by atoms with Crippen molar-refractivity contribution in [3.05, 3.63) is 29.6 Å². The Kier molecular flexibility index (Phi) is 4.96. The maximum absolute atomic E-state index is 13.5. The van der Waals surface area contributed by atoms with E-state index in [9.17, 15) is 4.39 Å². The maximum Gasteiger partial charge on any atom is 0.182 e. The van der Waals surface area contributed by atoms with Gasteiger partial charge in [0.1, 0.15) is 17.4 Å². The highest BCUT2D eigenvalue weighted by Crippen LogP contribution is 2.16. The number of aliphatic imine (C=N–C) groups is 1. The van der Waals surface area contributed by atoms with Crippen molar-refractivity contribution >= 4 is 22.8 Å². The van der Waals surface area contributed by atoms with E-state index in [1.807, 2.05) is 6.92 Å². The second-order valence-corrected chi connectivity index (χ2v) is 4.33. The zero-order chi connectivity index (χ0) is 12.8. The first-order valence-corrected chi connectivity index (χ1v) is 5.96. The molecule has 0 saturated carbocycles. The van der Waals surface area contributed by atoms with Gasteiger partial charge in [0, 0.05) is 0 Å². The molecule has 1 rings (SSSR count). The summed E-state index contributed by atoms with van der Waals surface area (Å²) in [6, 6.07) is 4.21. The Morgan fingerprint density at radius 2 is 2.29 bits per heavy atom. The first-order chi connectivity index (χ1) is 8.08. The van der Waals surface area contributed by atoms with Crippen LogP contribution in [0.1, 0.15) is 12.5 Å². The summed E-state index contributed by atoms with van der Waals surface area (Å²) >= 11 is 1.23. The molecule has 0 aliphatic rings. The minimum absolute atomic E-state index is 0.0210. The summed E-state index contributed by atoms with van der Waals surface area (Å²) < 4.78 is 18.5. The fraction of sp³-hybridized carbons (Fsp3) is 0.273. The van der Waals surface area contributed by atoms with Gasteiger partial charge in [-0.3, -0.25) is 5.41 Å². The van der Waals surface area contributed by atoms with E-state index in [4.69, 9.17) is 15.9 Å². The van der Waals surface area contributed by atoms with E-state index in [-0.39, 0.29) is 16.6 Å². The first-order valence-electron chi connectivity index (χ1n) is 4.98. The molecular weight excluding hydrogens is 241 g/mol. The van der Waals surface area contributed by atoms with E-state index in [0.717, 1.165) is 5.75 Å². The number of hydrogen-bond donors (Lipinski definition) is 2. The molecule has 0 aliphatic carbocycles. The third kappa shape index (κ3) is 3.74. The van der Waals surface area contributed by atoms with Gasteiger partial charge in [-0.1, -0.05) is 18.7 Å². The molecular formula is C11H14FN3OS. The summed E-state index contributed by atoms with van der Waals surface area (Å²) in [4.78, 5) is 3.82. The molecule has 0 bridgehead atoms. The van der Waals surface area contributed by atoms with Crippen molar-refractivity contribution in [2.45, 2.75) is 6.92 Å². The highest BCUT2D eigenvalue weighted by Gasteiger charge is 2.08. The molecule has 0 atom stereocenters. The third-order valence-electron chi connectivity index (χ3n) is 1.95. The number of halogens is 1. The van der Waals surface area contributed by atoms with Gasteiger partial charge in [-0.25, -0.2) is 9.38 Å². The second kappa shape index (κ2) is 6.24. The van der Waals surface area contributed by atoms with Gasteiger partial charge in [-0.2, -0.15) is 0 Å². The Bertz CT molecular complexity index is 448. The van der Waals surface area contributed by atoms with Gasteiger partial charge >= 0.3 is 0 Å². The van der Waals surface area contributed by atoms with Gasteiger partial charge in [0.25, 0.3) is 0 Å². The molecule has 6 heteroatoms. The molecule has 0 amide bonds. The van der Waals surface area contributed by atoms with Crippen LogP contribution in [0.25, 0.3) is 0 Å². The normalized spacial score (nSPS) is 11.4. The standard InChI is InChI=1S/C11H14FN3OS/c1-3-17-11(14)15-10(13)8-6-7(16-2)4-5-9(8)12/h4-6H,3H2,1-2H3,(H3,13,14,15). The molecule has 0 aliphatic heterocycles. The largest absolute Gasteiger partial charge is 0.497 e. The van der Waals surface area contributed by atoms with Crippen molar-refractivity contribution in [3.63, 3.8) is 0 Å². The van der Waals surface area contributed by atoms with Crippen molar-refractivity contribution in [3.8, 4) is 5.75 Å². The lowest BCUT2D eigenvalue weighted by atomic mass is 10.2. The van der Waals surface area contributed by atoms with Crippen LogP contribution in [0.5, 0.6) is 5.75 Å². The molecule has 0 aromatic heterocycles. The number of amidine groups is 2. The average Bonchev–Trinajstić information content (AvgIpc) is 2.29. The summed E-state index contributed by atoms with van der Waals surface area (Å²) in [6.07, 6.45) is 0. The Morgan fingerprint density at radius 3 is 2.88 bits per heavy atom.